The molecule has 45 heavy (non-hydrogen) atoms. The zero-order valence-electron chi connectivity index (χ0n) is 26.8. The Hall–Kier alpha value is -3.36. The highest BCUT2D eigenvalue weighted by atomic mass is 32.2. The Bertz CT molecular complexity index is 1400. The first kappa shape index (κ1) is 33.0. The Morgan fingerprint density at radius 3 is 2.00 bits per heavy atom. The molecule has 0 radical (unpaired) electrons. The van der Waals surface area contributed by atoms with Crippen molar-refractivity contribution in [2.24, 2.45) is 17.8 Å². The van der Waals surface area contributed by atoms with E-state index < -0.39 is 33.4 Å². The third-order valence-electron chi connectivity index (χ3n) is 10.3. The van der Waals surface area contributed by atoms with Gasteiger partial charge < -0.3 is 19.8 Å². The minimum absolute atomic E-state index is 0.0336. The van der Waals surface area contributed by atoms with Crippen LogP contribution in [0.15, 0.2) is 86.0 Å². The second-order valence-electron chi connectivity index (χ2n) is 13.1. The maximum atomic E-state index is 14.9. The maximum Gasteiger partial charge on any atom is 0.247 e. The van der Waals surface area contributed by atoms with E-state index in [1.807, 2.05) is 74.5 Å². The fourth-order valence-electron chi connectivity index (χ4n) is 7.94. The Morgan fingerprint density at radius 2 is 1.51 bits per heavy atom. The Morgan fingerprint density at radius 1 is 0.978 bits per heavy atom. The Kier molecular flexibility index (Phi) is 9.94. The van der Waals surface area contributed by atoms with Crippen LogP contribution in [-0.2, 0) is 27.5 Å². The number of carbonyl (C=O) groups excluding carboxylic acids is 3. The molecule has 3 aliphatic heterocycles. The van der Waals surface area contributed by atoms with Gasteiger partial charge in [-0.05, 0) is 36.8 Å². The molecular formula is C37H47N3O4S. The number of benzene rings is 2. The summed E-state index contributed by atoms with van der Waals surface area (Å²) in [6.07, 6.45) is 5.59. The van der Waals surface area contributed by atoms with E-state index in [1.54, 1.807) is 38.6 Å². The van der Waals surface area contributed by atoms with Crippen molar-refractivity contribution in [3.05, 3.63) is 97.1 Å². The predicted octanol–water partition coefficient (Wildman–Crippen LogP) is 5.30. The first-order valence-electron chi connectivity index (χ1n) is 16.2. The third-order valence-corrected chi connectivity index (χ3v) is 12.3. The maximum absolute atomic E-state index is 14.9. The number of amides is 3. The summed E-state index contributed by atoms with van der Waals surface area (Å²) >= 11 is 1.67. The average Bonchev–Trinajstić information content (AvgIpc) is 3.62. The Balaban J connectivity index is 1.58. The summed E-state index contributed by atoms with van der Waals surface area (Å²) in [5.74, 6) is -1.68. The fourth-order valence-corrected chi connectivity index (χ4v) is 10.3. The summed E-state index contributed by atoms with van der Waals surface area (Å²) in [6.45, 7) is 15.2. The van der Waals surface area contributed by atoms with E-state index in [1.165, 1.54) is 0 Å². The van der Waals surface area contributed by atoms with Crippen molar-refractivity contribution in [3.63, 3.8) is 0 Å². The van der Waals surface area contributed by atoms with Crippen molar-refractivity contribution in [2.45, 2.75) is 74.7 Å². The van der Waals surface area contributed by atoms with Crippen LogP contribution in [0.25, 0.3) is 0 Å². The summed E-state index contributed by atoms with van der Waals surface area (Å²) in [5.41, 5.74) is 2.00. The van der Waals surface area contributed by atoms with Gasteiger partial charge in [-0.3, -0.25) is 14.4 Å². The van der Waals surface area contributed by atoms with Gasteiger partial charge in [0.25, 0.3) is 0 Å². The minimum Gasteiger partial charge on any atom is -0.394 e. The summed E-state index contributed by atoms with van der Waals surface area (Å²) < 4.78 is -1.27. The van der Waals surface area contributed by atoms with Crippen LogP contribution in [0.5, 0.6) is 0 Å². The van der Waals surface area contributed by atoms with Crippen LogP contribution in [0.1, 0.15) is 51.2 Å². The lowest BCUT2D eigenvalue weighted by Gasteiger charge is -2.41. The molecule has 2 aromatic rings. The van der Waals surface area contributed by atoms with E-state index in [0.29, 0.717) is 32.6 Å². The van der Waals surface area contributed by atoms with Crippen molar-refractivity contribution in [1.82, 2.24) is 14.7 Å². The SMILES string of the molecule is C=CCN(Cc1ccccc1)C(=O)C1N([C@@H](CO)[C@@H](C)CC)C(=O)[C@@H]2[C@@H](C(=O)N(CC=C)Cc3ccccc3)[C@@]3(C)CCC12S3. The van der Waals surface area contributed by atoms with Crippen molar-refractivity contribution in [2.75, 3.05) is 19.7 Å². The normalized spacial score (nSPS) is 28.0. The second kappa shape index (κ2) is 13.6. The van der Waals surface area contributed by atoms with Crippen LogP contribution in [0.4, 0.5) is 0 Å². The Labute approximate surface area is 272 Å². The van der Waals surface area contributed by atoms with E-state index in [9.17, 15) is 19.5 Å². The highest BCUT2D eigenvalue weighted by Gasteiger charge is 2.78. The van der Waals surface area contributed by atoms with Gasteiger partial charge in [0.15, 0.2) is 0 Å². The molecule has 8 heteroatoms. The van der Waals surface area contributed by atoms with Crippen LogP contribution in [0.3, 0.4) is 0 Å². The van der Waals surface area contributed by atoms with Gasteiger partial charge in [-0.25, -0.2) is 0 Å². The molecule has 7 atom stereocenters. The number of aliphatic hydroxyl groups excluding tert-OH is 1. The molecule has 7 nitrogen and oxygen atoms in total. The number of likely N-dealkylation sites (tertiary alicyclic amines) is 1. The van der Waals surface area contributed by atoms with Gasteiger partial charge in [0, 0.05) is 30.9 Å². The molecule has 0 saturated carbocycles. The first-order valence-corrected chi connectivity index (χ1v) is 17.0. The van der Waals surface area contributed by atoms with Gasteiger partial charge in [0.1, 0.15) is 6.04 Å². The molecule has 1 spiro atoms. The number of hydrogen-bond acceptors (Lipinski definition) is 5. The number of thioether (sulfide) groups is 1. The summed E-state index contributed by atoms with van der Waals surface area (Å²) in [7, 11) is 0. The first-order chi connectivity index (χ1) is 21.7. The summed E-state index contributed by atoms with van der Waals surface area (Å²) in [6, 6.07) is 18.4. The zero-order chi connectivity index (χ0) is 32.4. The van der Waals surface area contributed by atoms with E-state index in [4.69, 9.17) is 0 Å². The van der Waals surface area contributed by atoms with E-state index >= 15 is 0 Å². The molecular weight excluding hydrogens is 582 g/mol. The van der Waals surface area contributed by atoms with Crippen LogP contribution < -0.4 is 0 Å². The van der Waals surface area contributed by atoms with Crippen molar-refractivity contribution >= 4 is 29.5 Å². The fraction of sp³-hybridized carbons (Fsp3) is 0.486. The molecule has 240 valence electrons. The summed E-state index contributed by atoms with van der Waals surface area (Å²) in [5, 5.41) is 10.7. The highest BCUT2D eigenvalue weighted by molar-refractivity contribution is 8.02. The molecule has 0 aliphatic carbocycles. The molecule has 2 aromatic carbocycles. The lowest BCUT2D eigenvalue weighted by atomic mass is 9.66. The van der Waals surface area contributed by atoms with E-state index in [2.05, 4.69) is 20.1 Å². The smallest absolute Gasteiger partial charge is 0.247 e. The largest absolute Gasteiger partial charge is 0.394 e. The van der Waals surface area contributed by atoms with Gasteiger partial charge in [0.05, 0.1) is 29.2 Å². The lowest BCUT2D eigenvalue weighted by molar-refractivity contribution is -0.149. The summed E-state index contributed by atoms with van der Waals surface area (Å²) in [4.78, 5) is 49.7. The van der Waals surface area contributed by atoms with Gasteiger partial charge in [-0.1, -0.05) is 93.1 Å². The molecule has 3 aliphatic rings. The number of hydrogen-bond donors (Lipinski definition) is 1. The number of rotatable bonds is 14. The monoisotopic (exact) mass is 629 g/mol. The molecule has 3 amide bonds. The molecule has 0 aromatic heterocycles. The number of carbonyl (C=O) groups is 3. The lowest BCUT2D eigenvalue weighted by Crippen LogP contribution is -2.58. The molecule has 3 heterocycles. The second-order valence-corrected chi connectivity index (χ2v) is 15.0. The van der Waals surface area contributed by atoms with Gasteiger partial charge in [-0.2, -0.15) is 0 Å². The van der Waals surface area contributed by atoms with Gasteiger partial charge in [-0.15, -0.1) is 24.9 Å². The number of fused-ring (bicyclic) bond motifs is 1. The van der Waals surface area contributed by atoms with Crippen LogP contribution in [-0.4, -0.2) is 78.8 Å². The number of nitrogens with zero attached hydrogens (tertiary/aromatic N) is 3. The average molecular weight is 630 g/mol. The molecule has 2 bridgehead atoms. The minimum atomic E-state index is -0.795. The topological polar surface area (TPSA) is 81.2 Å². The van der Waals surface area contributed by atoms with Gasteiger partial charge >= 0.3 is 0 Å². The molecule has 2 unspecified atom stereocenters. The van der Waals surface area contributed by atoms with Crippen molar-refractivity contribution < 1.29 is 19.5 Å². The zero-order valence-corrected chi connectivity index (χ0v) is 27.6. The molecule has 3 fully saturated rings. The van der Waals surface area contributed by atoms with E-state index in [0.717, 1.165) is 24.0 Å². The van der Waals surface area contributed by atoms with Crippen molar-refractivity contribution in [3.8, 4) is 0 Å². The molecule has 5 rings (SSSR count). The number of aliphatic hydroxyl groups is 1. The van der Waals surface area contributed by atoms with Crippen LogP contribution in [0.2, 0.25) is 0 Å². The van der Waals surface area contributed by atoms with Crippen LogP contribution in [0, 0.1) is 17.8 Å². The highest BCUT2D eigenvalue weighted by Crippen LogP contribution is 2.72. The molecule has 1 N–H and O–H groups in total. The predicted molar refractivity (Wildman–Crippen MR) is 180 cm³/mol. The quantitative estimate of drug-likeness (QED) is 0.287. The molecule has 3 saturated heterocycles. The van der Waals surface area contributed by atoms with Crippen LogP contribution >= 0.6 is 11.8 Å². The van der Waals surface area contributed by atoms with Gasteiger partial charge in [0.2, 0.25) is 17.7 Å². The third kappa shape index (κ3) is 5.87. The van der Waals surface area contributed by atoms with E-state index in [-0.39, 0.29) is 30.2 Å². The standard InChI is InChI=1S/C37H47N3O4S/c1-6-21-38(23-27-15-11-9-12-16-27)33(42)30-31-34(43)40(29(25-41)26(4)8-3)32(37(31)20-19-36(30,5)45-37)35(44)39(22-7-2)24-28-17-13-10-14-18-28/h6-7,9-18,26,29-32,41H,1-2,8,19-25H2,3-5H3/t26-,29-,30-,31-,32?,36+,37?/m0/s1. The van der Waals surface area contributed by atoms with Crippen molar-refractivity contribution in [1.29, 1.82) is 0 Å².